The van der Waals surface area contributed by atoms with Crippen LogP contribution in [0.15, 0.2) is 23.1 Å². The van der Waals surface area contributed by atoms with Crippen LogP contribution in [0.1, 0.15) is 13.8 Å². The Morgan fingerprint density at radius 3 is 2.44 bits per heavy atom. The van der Waals surface area contributed by atoms with Gasteiger partial charge in [-0.25, -0.2) is 13.6 Å². The molecular formula is C11H19N3O3S. The quantitative estimate of drug-likeness (QED) is 0.577. The van der Waals surface area contributed by atoms with E-state index in [0.29, 0.717) is 11.4 Å². The molecule has 0 aliphatic carbocycles. The first kappa shape index (κ1) is 14.7. The van der Waals surface area contributed by atoms with Crippen LogP contribution in [0.4, 0.5) is 11.4 Å². The largest absolute Gasteiger partial charge is 0.399 e. The molecular weight excluding hydrogens is 254 g/mol. The number of nitrogen functional groups attached to an aromatic ring is 1. The van der Waals surface area contributed by atoms with Crippen molar-refractivity contribution >= 4 is 21.4 Å². The Kier molecular flexibility index (Phi) is 4.55. The Hall–Kier alpha value is -1.31. The molecule has 0 heterocycles. The van der Waals surface area contributed by atoms with Crippen LogP contribution in [0, 0.1) is 5.92 Å². The second-order valence-corrected chi connectivity index (χ2v) is 5.99. The molecule has 0 aromatic heterocycles. The zero-order valence-electron chi connectivity index (χ0n) is 10.4. The Morgan fingerprint density at radius 2 is 1.94 bits per heavy atom. The fraction of sp³-hybridized carbons (Fsp3) is 0.455. The number of primary sulfonamides is 1. The lowest BCUT2D eigenvalue weighted by molar-refractivity contribution is 0.226. The lowest BCUT2D eigenvalue weighted by Gasteiger charge is -2.21. The lowest BCUT2D eigenvalue weighted by Crippen LogP contribution is -2.26. The van der Waals surface area contributed by atoms with E-state index in [1.165, 1.54) is 12.1 Å². The molecule has 1 aromatic rings. The Balaban J connectivity index is 3.01. The monoisotopic (exact) mass is 273 g/mol. The zero-order chi connectivity index (χ0) is 13.9. The fourth-order valence-electron chi connectivity index (χ4n) is 1.43. The number of nitrogens with two attached hydrogens (primary N) is 2. The van der Waals surface area contributed by atoms with Crippen molar-refractivity contribution in [3.05, 3.63) is 18.2 Å². The number of hydrogen-bond acceptors (Lipinski definition) is 5. The maximum absolute atomic E-state index is 11.3. The van der Waals surface area contributed by atoms with Crippen LogP contribution >= 0.6 is 0 Å². The number of sulfonamides is 1. The highest BCUT2D eigenvalue weighted by Crippen LogP contribution is 2.21. The van der Waals surface area contributed by atoms with Crippen LogP contribution in [0.2, 0.25) is 0 Å². The van der Waals surface area contributed by atoms with Gasteiger partial charge in [-0.15, -0.1) is 0 Å². The van der Waals surface area contributed by atoms with Gasteiger partial charge in [0.25, 0.3) is 0 Å². The van der Waals surface area contributed by atoms with Gasteiger partial charge in [-0.2, -0.15) is 0 Å². The molecule has 2 atom stereocenters. The van der Waals surface area contributed by atoms with Crippen LogP contribution in [0.5, 0.6) is 0 Å². The number of hydrogen-bond donors (Lipinski definition) is 4. The zero-order valence-corrected chi connectivity index (χ0v) is 11.2. The van der Waals surface area contributed by atoms with Crippen molar-refractivity contribution in [2.45, 2.75) is 24.8 Å². The van der Waals surface area contributed by atoms with E-state index in [1.54, 1.807) is 6.07 Å². The van der Waals surface area contributed by atoms with Crippen molar-refractivity contribution in [3.63, 3.8) is 0 Å². The number of aliphatic hydroxyl groups is 1. The SMILES string of the molecule is CC(CO)C(C)Nc1cc(N)cc(S(N)(=O)=O)c1. The Labute approximate surface area is 107 Å². The molecule has 0 saturated carbocycles. The highest BCUT2D eigenvalue weighted by Gasteiger charge is 2.14. The van der Waals surface area contributed by atoms with E-state index in [4.69, 9.17) is 16.0 Å². The van der Waals surface area contributed by atoms with E-state index >= 15 is 0 Å². The number of anilines is 2. The molecule has 0 amide bonds. The highest BCUT2D eigenvalue weighted by atomic mass is 32.2. The van der Waals surface area contributed by atoms with E-state index in [-0.39, 0.29) is 23.5 Å². The van der Waals surface area contributed by atoms with E-state index < -0.39 is 10.0 Å². The molecule has 0 fully saturated rings. The topological polar surface area (TPSA) is 118 Å². The molecule has 0 bridgehead atoms. The Morgan fingerprint density at radius 1 is 1.33 bits per heavy atom. The molecule has 102 valence electrons. The summed E-state index contributed by atoms with van der Waals surface area (Å²) >= 11 is 0. The molecule has 18 heavy (non-hydrogen) atoms. The average Bonchev–Trinajstić information content (AvgIpc) is 2.25. The standard InChI is InChI=1S/C11H19N3O3S/c1-7(6-15)8(2)14-10-3-9(12)4-11(5-10)18(13,16)17/h3-5,7-8,14-15H,6,12H2,1-2H3,(H2,13,16,17). The van der Waals surface area contributed by atoms with E-state index in [1.807, 2.05) is 13.8 Å². The summed E-state index contributed by atoms with van der Waals surface area (Å²) in [7, 11) is -3.78. The highest BCUT2D eigenvalue weighted by molar-refractivity contribution is 7.89. The second kappa shape index (κ2) is 5.55. The first-order chi connectivity index (χ1) is 8.24. The fourth-order valence-corrected chi connectivity index (χ4v) is 2.02. The molecule has 0 saturated heterocycles. The van der Waals surface area contributed by atoms with Crippen LogP contribution in [0.25, 0.3) is 0 Å². The first-order valence-electron chi connectivity index (χ1n) is 5.55. The maximum atomic E-state index is 11.3. The normalized spacial score (nSPS) is 15.1. The molecule has 0 aliphatic rings. The van der Waals surface area contributed by atoms with E-state index in [0.717, 1.165) is 0 Å². The summed E-state index contributed by atoms with van der Waals surface area (Å²) in [5, 5.41) is 17.2. The Bertz CT molecular complexity index is 516. The third-order valence-electron chi connectivity index (χ3n) is 2.79. The third-order valence-corrected chi connectivity index (χ3v) is 3.69. The predicted octanol–water partition coefficient (Wildman–Crippen LogP) is 0.345. The summed E-state index contributed by atoms with van der Waals surface area (Å²) in [4.78, 5) is -0.0335. The summed E-state index contributed by atoms with van der Waals surface area (Å²) < 4.78 is 22.5. The van der Waals surface area contributed by atoms with Gasteiger partial charge in [-0.1, -0.05) is 6.92 Å². The van der Waals surface area contributed by atoms with Gasteiger partial charge in [-0.05, 0) is 31.0 Å². The minimum absolute atomic E-state index is 0.0230. The van der Waals surface area contributed by atoms with Crippen LogP contribution in [-0.2, 0) is 10.0 Å². The predicted molar refractivity (Wildman–Crippen MR) is 71.6 cm³/mol. The number of aliphatic hydroxyl groups excluding tert-OH is 1. The van der Waals surface area contributed by atoms with E-state index in [9.17, 15) is 8.42 Å². The van der Waals surface area contributed by atoms with Gasteiger partial charge in [0.15, 0.2) is 0 Å². The minimum Gasteiger partial charge on any atom is -0.399 e. The van der Waals surface area contributed by atoms with Crippen LogP contribution < -0.4 is 16.2 Å². The van der Waals surface area contributed by atoms with Gasteiger partial charge in [0, 0.05) is 24.0 Å². The van der Waals surface area contributed by atoms with Gasteiger partial charge in [-0.3, -0.25) is 0 Å². The average molecular weight is 273 g/mol. The number of benzene rings is 1. The molecule has 0 aliphatic heterocycles. The van der Waals surface area contributed by atoms with Crippen molar-refractivity contribution in [3.8, 4) is 0 Å². The molecule has 6 N–H and O–H groups in total. The third kappa shape index (κ3) is 3.86. The van der Waals surface area contributed by atoms with Gasteiger partial charge in [0.05, 0.1) is 4.90 Å². The summed E-state index contributed by atoms with van der Waals surface area (Å²) in [5.41, 5.74) is 6.51. The van der Waals surface area contributed by atoms with Gasteiger partial charge >= 0.3 is 0 Å². The van der Waals surface area contributed by atoms with Crippen LogP contribution in [0.3, 0.4) is 0 Å². The molecule has 6 nitrogen and oxygen atoms in total. The van der Waals surface area contributed by atoms with Gasteiger partial charge in [0.2, 0.25) is 10.0 Å². The van der Waals surface area contributed by atoms with Crippen LogP contribution in [-0.4, -0.2) is 26.2 Å². The summed E-state index contributed by atoms with van der Waals surface area (Å²) in [5.74, 6) is 0.0318. The lowest BCUT2D eigenvalue weighted by atomic mass is 10.0. The molecule has 1 aromatic carbocycles. The molecule has 0 radical (unpaired) electrons. The van der Waals surface area contributed by atoms with Crippen molar-refractivity contribution in [1.29, 1.82) is 0 Å². The van der Waals surface area contributed by atoms with Gasteiger partial charge in [0.1, 0.15) is 0 Å². The van der Waals surface area contributed by atoms with Crippen molar-refractivity contribution < 1.29 is 13.5 Å². The molecule has 0 spiro atoms. The smallest absolute Gasteiger partial charge is 0.238 e. The van der Waals surface area contributed by atoms with Crippen molar-refractivity contribution in [2.24, 2.45) is 11.1 Å². The summed E-state index contributed by atoms with van der Waals surface area (Å²) in [6, 6.07) is 4.33. The first-order valence-corrected chi connectivity index (χ1v) is 7.09. The number of rotatable bonds is 5. The maximum Gasteiger partial charge on any atom is 0.238 e. The van der Waals surface area contributed by atoms with Crippen molar-refractivity contribution in [2.75, 3.05) is 17.7 Å². The van der Waals surface area contributed by atoms with E-state index in [2.05, 4.69) is 5.32 Å². The van der Waals surface area contributed by atoms with Crippen molar-refractivity contribution in [1.82, 2.24) is 0 Å². The molecule has 2 unspecified atom stereocenters. The second-order valence-electron chi connectivity index (χ2n) is 4.43. The summed E-state index contributed by atoms with van der Waals surface area (Å²) in [6.07, 6.45) is 0. The number of nitrogens with one attached hydrogen (secondary N) is 1. The minimum atomic E-state index is -3.78. The molecule has 1 rings (SSSR count). The summed E-state index contributed by atoms with van der Waals surface area (Å²) in [6.45, 7) is 3.81. The van der Waals surface area contributed by atoms with Gasteiger partial charge < -0.3 is 16.2 Å². The molecule has 7 heteroatoms.